The molecule has 0 radical (unpaired) electrons. The van der Waals surface area contributed by atoms with Crippen LogP contribution >= 0.6 is 0 Å². The van der Waals surface area contributed by atoms with Crippen molar-refractivity contribution in [3.63, 3.8) is 0 Å². The largest absolute Gasteiger partial charge is 0.381 e. The Hall–Kier alpha value is -1.43. The van der Waals surface area contributed by atoms with Gasteiger partial charge in [0.2, 0.25) is 0 Å². The number of nitrogens with zero attached hydrogens (tertiary/aromatic N) is 1. The molecule has 1 atom stereocenters. The molecule has 1 heterocycles. The van der Waals surface area contributed by atoms with Crippen LogP contribution in [0.2, 0.25) is 0 Å². The number of hydrogen-bond donors (Lipinski definition) is 1. The summed E-state index contributed by atoms with van der Waals surface area (Å²) in [6.07, 6.45) is -0.977. The fourth-order valence-corrected chi connectivity index (χ4v) is 1.35. The Bertz CT molecular complexity index is 296. The second kappa shape index (κ2) is 5.07. The van der Waals surface area contributed by atoms with E-state index in [1.165, 1.54) is 0 Å². The van der Waals surface area contributed by atoms with Gasteiger partial charge in [0.25, 0.3) is 11.8 Å². The van der Waals surface area contributed by atoms with Gasteiger partial charge >= 0.3 is 5.97 Å². The predicted molar refractivity (Wildman–Crippen MR) is 52.6 cm³/mol. The highest BCUT2D eigenvalue weighted by Crippen LogP contribution is 2.14. The van der Waals surface area contributed by atoms with Crippen LogP contribution in [0.1, 0.15) is 33.1 Å². The van der Waals surface area contributed by atoms with Gasteiger partial charge < -0.3 is 9.94 Å². The van der Waals surface area contributed by atoms with Gasteiger partial charge in [-0.1, -0.05) is 13.8 Å². The Morgan fingerprint density at radius 2 is 1.88 bits per heavy atom. The molecule has 0 aromatic heterocycles. The molecule has 1 aliphatic rings. The monoisotopic (exact) mass is 229 g/mol. The molecule has 6 nitrogen and oxygen atoms in total. The maximum Gasteiger partial charge on any atom is 0.361 e. The van der Waals surface area contributed by atoms with Crippen LogP contribution in [0.3, 0.4) is 0 Å². The number of hydrogen-bond acceptors (Lipinski definition) is 5. The Balaban J connectivity index is 2.50. The van der Waals surface area contributed by atoms with Crippen LogP contribution in [-0.2, 0) is 19.2 Å². The molecule has 1 saturated heterocycles. The summed E-state index contributed by atoms with van der Waals surface area (Å²) in [7, 11) is 0. The van der Waals surface area contributed by atoms with Crippen molar-refractivity contribution in [2.24, 2.45) is 5.92 Å². The zero-order chi connectivity index (χ0) is 12.3. The summed E-state index contributed by atoms with van der Waals surface area (Å²) >= 11 is 0. The van der Waals surface area contributed by atoms with E-state index in [1.54, 1.807) is 0 Å². The molecule has 0 aromatic rings. The fraction of sp³-hybridized carbons (Fsp3) is 0.700. The first-order valence-corrected chi connectivity index (χ1v) is 5.17. The summed E-state index contributed by atoms with van der Waals surface area (Å²) in [4.78, 5) is 38.1. The van der Waals surface area contributed by atoms with Crippen LogP contribution in [0.25, 0.3) is 0 Å². The van der Waals surface area contributed by atoms with E-state index in [2.05, 4.69) is 4.84 Å². The number of imide groups is 1. The van der Waals surface area contributed by atoms with E-state index in [0.717, 1.165) is 0 Å². The van der Waals surface area contributed by atoms with Crippen LogP contribution in [0.5, 0.6) is 0 Å². The van der Waals surface area contributed by atoms with Crippen LogP contribution in [-0.4, -0.2) is 34.1 Å². The first kappa shape index (κ1) is 12.6. The normalized spacial score (nSPS) is 18.1. The predicted octanol–water partition coefficient (Wildman–Crippen LogP) is 0.000600. The second-order valence-corrected chi connectivity index (χ2v) is 4.14. The molecule has 0 bridgehead atoms. The van der Waals surface area contributed by atoms with Crippen LogP contribution < -0.4 is 0 Å². The maximum absolute atomic E-state index is 11.3. The summed E-state index contributed by atoms with van der Waals surface area (Å²) < 4.78 is 0. The van der Waals surface area contributed by atoms with Crippen molar-refractivity contribution in [3.8, 4) is 0 Å². The van der Waals surface area contributed by atoms with Gasteiger partial charge in [0.05, 0.1) is 0 Å². The molecule has 1 rings (SSSR count). The third-order valence-corrected chi connectivity index (χ3v) is 2.15. The highest BCUT2D eigenvalue weighted by Gasteiger charge is 2.34. The topological polar surface area (TPSA) is 83.9 Å². The van der Waals surface area contributed by atoms with Crippen molar-refractivity contribution in [1.82, 2.24) is 5.06 Å². The lowest BCUT2D eigenvalue weighted by atomic mass is 10.1. The van der Waals surface area contributed by atoms with Gasteiger partial charge in [-0.3, -0.25) is 9.59 Å². The number of carbonyl (C=O) groups excluding carboxylic acids is 3. The molecule has 16 heavy (non-hydrogen) atoms. The molecule has 1 aliphatic heterocycles. The van der Waals surface area contributed by atoms with Gasteiger partial charge in [0, 0.05) is 12.8 Å². The summed E-state index contributed by atoms with van der Waals surface area (Å²) in [5, 5.41) is 9.83. The number of hydroxylamine groups is 2. The third-order valence-electron chi connectivity index (χ3n) is 2.15. The second-order valence-electron chi connectivity index (χ2n) is 4.14. The Kier molecular flexibility index (Phi) is 4.00. The molecule has 0 saturated carbocycles. The van der Waals surface area contributed by atoms with E-state index < -0.39 is 23.9 Å². The molecule has 0 aliphatic carbocycles. The quantitative estimate of drug-likeness (QED) is 0.686. The zero-order valence-corrected chi connectivity index (χ0v) is 9.30. The van der Waals surface area contributed by atoms with E-state index in [1.807, 2.05) is 13.8 Å². The molecule has 90 valence electrons. The summed E-state index contributed by atoms with van der Waals surface area (Å²) in [6.45, 7) is 3.67. The molecule has 0 aromatic carbocycles. The first-order valence-electron chi connectivity index (χ1n) is 5.17. The lowest BCUT2D eigenvalue weighted by Gasteiger charge is -2.16. The van der Waals surface area contributed by atoms with Gasteiger partial charge in [0.1, 0.15) is 0 Å². The van der Waals surface area contributed by atoms with E-state index in [9.17, 15) is 19.5 Å². The molecule has 0 spiro atoms. The van der Waals surface area contributed by atoms with Crippen molar-refractivity contribution in [2.45, 2.75) is 39.2 Å². The minimum absolute atomic E-state index is 0.0480. The smallest absolute Gasteiger partial charge is 0.361 e. The molecular weight excluding hydrogens is 214 g/mol. The van der Waals surface area contributed by atoms with E-state index in [4.69, 9.17) is 0 Å². The van der Waals surface area contributed by atoms with Crippen molar-refractivity contribution in [2.75, 3.05) is 0 Å². The maximum atomic E-state index is 11.3. The number of aliphatic hydroxyl groups is 1. The Labute approximate surface area is 93.1 Å². The van der Waals surface area contributed by atoms with Crippen LogP contribution in [0.4, 0.5) is 0 Å². The standard InChI is InChI=1S/C10H15NO5/c1-6(2)5-7(12)10(15)16-11-8(13)3-4-9(11)14/h6-7,12H,3-5H2,1-2H3/t7-/m0/s1. The van der Waals surface area contributed by atoms with Gasteiger partial charge in [-0.05, 0) is 12.3 Å². The molecule has 1 fully saturated rings. The number of rotatable bonds is 4. The van der Waals surface area contributed by atoms with Gasteiger partial charge in [-0.2, -0.15) is 0 Å². The van der Waals surface area contributed by atoms with Crippen LogP contribution in [0.15, 0.2) is 0 Å². The number of aliphatic hydroxyl groups excluding tert-OH is 1. The van der Waals surface area contributed by atoms with Gasteiger partial charge in [0.15, 0.2) is 6.10 Å². The summed E-state index contributed by atoms with van der Waals surface area (Å²) in [5.74, 6) is -1.94. The molecular formula is C10H15NO5. The van der Waals surface area contributed by atoms with Crippen molar-refractivity contribution in [3.05, 3.63) is 0 Å². The minimum atomic E-state index is -1.30. The molecule has 0 unspecified atom stereocenters. The van der Waals surface area contributed by atoms with Gasteiger partial charge in [-0.15, -0.1) is 5.06 Å². The first-order chi connectivity index (χ1) is 7.41. The highest BCUT2D eigenvalue weighted by molar-refractivity contribution is 6.01. The van der Waals surface area contributed by atoms with Crippen LogP contribution in [0, 0.1) is 5.92 Å². The number of carbonyl (C=O) groups is 3. The zero-order valence-electron chi connectivity index (χ0n) is 9.30. The summed E-state index contributed by atoms with van der Waals surface area (Å²) in [6, 6.07) is 0. The SMILES string of the molecule is CC(C)C[C@H](O)C(=O)ON1C(=O)CCC1=O. The van der Waals surface area contributed by atoms with Crippen molar-refractivity contribution < 1.29 is 24.3 Å². The molecule has 2 amide bonds. The summed E-state index contributed by atoms with van der Waals surface area (Å²) in [5.41, 5.74) is 0. The van der Waals surface area contributed by atoms with Gasteiger partial charge in [-0.25, -0.2) is 4.79 Å². The van der Waals surface area contributed by atoms with Crippen molar-refractivity contribution >= 4 is 17.8 Å². The Morgan fingerprint density at radius 1 is 1.38 bits per heavy atom. The minimum Gasteiger partial charge on any atom is -0.381 e. The van der Waals surface area contributed by atoms with E-state index in [-0.39, 0.29) is 25.2 Å². The van der Waals surface area contributed by atoms with E-state index in [0.29, 0.717) is 5.06 Å². The molecule has 6 heteroatoms. The average Bonchev–Trinajstić information content (AvgIpc) is 2.48. The van der Waals surface area contributed by atoms with Crippen molar-refractivity contribution in [1.29, 1.82) is 0 Å². The average molecular weight is 229 g/mol. The lowest BCUT2D eigenvalue weighted by molar-refractivity contribution is -0.203. The Morgan fingerprint density at radius 3 is 2.31 bits per heavy atom. The highest BCUT2D eigenvalue weighted by atomic mass is 16.7. The fourth-order valence-electron chi connectivity index (χ4n) is 1.35. The molecule has 1 N–H and O–H groups in total. The lowest BCUT2D eigenvalue weighted by Crippen LogP contribution is -2.36. The third kappa shape index (κ3) is 3.03. The number of amides is 2. The van der Waals surface area contributed by atoms with E-state index >= 15 is 0 Å².